The highest BCUT2D eigenvalue weighted by atomic mass is 35.5. The summed E-state index contributed by atoms with van der Waals surface area (Å²) in [6, 6.07) is 0. The zero-order chi connectivity index (χ0) is 8.85. The summed E-state index contributed by atoms with van der Waals surface area (Å²) >= 11 is 0. The molecule has 0 amide bonds. The molecule has 13 heavy (non-hydrogen) atoms. The van der Waals surface area contributed by atoms with Crippen LogP contribution in [0.25, 0.3) is 0 Å². The second kappa shape index (κ2) is 9.08. The largest absolute Gasteiger partial charge is 0.481 e. The minimum Gasteiger partial charge on any atom is -0.481 e. The number of hydrogen-bond donors (Lipinski definition) is 4. The van der Waals surface area contributed by atoms with Crippen molar-refractivity contribution in [3.63, 3.8) is 0 Å². The predicted molar refractivity (Wildman–Crippen MR) is 55.2 cm³/mol. The Bertz CT molecular complexity index is 207. The maximum atomic E-state index is 9.96. The third kappa shape index (κ3) is 11.0. The first-order chi connectivity index (χ1) is 5.04. The van der Waals surface area contributed by atoms with Crippen LogP contribution in [0.2, 0.25) is 0 Å². The van der Waals surface area contributed by atoms with E-state index in [4.69, 9.17) is 22.0 Å². The molecule has 0 aromatic rings. The van der Waals surface area contributed by atoms with Gasteiger partial charge in [0.1, 0.15) is 0 Å². The van der Waals surface area contributed by atoms with E-state index in [-0.39, 0.29) is 49.5 Å². The van der Waals surface area contributed by atoms with Gasteiger partial charge in [-0.3, -0.25) is 15.2 Å². The first kappa shape index (κ1) is 17.9. The second-order valence-corrected chi connectivity index (χ2v) is 1.82. The minimum absolute atomic E-state index is 0. The molecule has 0 saturated heterocycles. The first-order valence-electron chi connectivity index (χ1n) is 2.90. The standard InChI is InChI=1S/C5H10N4O2.2ClH/c6-4(7)5(8)9-2-1-3(10)11;;/h1-2H2,(H3,6,7)(H2,8,9)(H,10,11);2*1H. The van der Waals surface area contributed by atoms with E-state index in [2.05, 4.69) is 4.99 Å². The molecule has 0 heterocycles. The normalized spacial score (nSPS) is 9.38. The van der Waals surface area contributed by atoms with Crippen molar-refractivity contribution in [1.82, 2.24) is 0 Å². The third-order valence-corrected chi connectivity index (χ3v) is 0.884. The summed E-state index contributed by atoms with van der Waals surface area (Å²) in [5.74, 6) is -1.41. The number of halogens is 2. The number of amidine groups is 2. The Hall–Kier alpha value is -1.01. The molecule has 8 heteroatoms. The zero-order valence-electron chi connectivity index (χ0n) is 6.69. The van der Waals surface area contributed by atoms with E-state index in [0.717, 1.165) is 0 Å². The molecule has 78 valence electrons. The predicted octanol–water partition coefficient (Wildman–Crippen LogP) is -0.402. The minimum atomic E-state index is -0.954. The van der Waals surface area contributed by atoms with Crippen molar-refractivity contribution in [2.75, 3.05) is 6.54 Å². The van der Waals surface area contributed by atoms with Crippen LogP contribution in [0.15, 0.2) is 4.99 Å². The van der Waals surface area contributed by atoms with Crippen LogP contribution in [0.5, 0.6) is 0 Å². The van der Waals surface area contributed by atoms with Crippen molar-refractivity contribution >= 4 is 42.5 Å². The van der Waals surface area contributed by atoms with Crippen LogP contribution in [0.3, 0.4) is 0 Å². The molecule has 0 atom stereocenters. The highest BCUT2D eigenvalue weighted by Crippen LogP contribution is 1.80. The average molecular weight is 231 g/mol. The summed E-state index contributed by atoms with van der Waals surface area (Å²) in [6.45, 7) is 0.0563. The smallest absolute Gasteiger partial charge is 0.305 e. The maximum absolute atomic E-state index is 9.96. The van der Waals surface area contributed by atoms with Gasteiger partial charge in [-0.2, -0.15) is 0 Å². The third-order valence-electron chi connectivity index (χ3n) is 0.884. The summed E-state index contributed by atoms with van der Waals surface area (Å²) in [6.07, 6.45) is -0.103. The number of hydrogen-bond acceptors (Lipinski definition) is 3. The Kier molecular flexibility index (Phi) is 12.5. The molecule has 0 aromatic heterocycles. The van der Waals surface area contributed by atoms with Crippen molar-refractivity contribution in [3.8, 4) is 0 Å². The van der Waals surface area contributed by atoms with Gasteiger partial charge in [0.05, 0.1) is 13.0 Å². The fourth-order valence-corrected chi connectivity index (χ4v) is 0.357. The lowest BCUT2D eigenvalue weighted by atomic mass is 10.4. The van der Waals surface area contributed by atoms with Crippen LogP contribution in [0.1, 0.15) is 6.42 Å². The van der Waals surface area contributed by atoms with Crippen LogP contribution in [-0.4, -0.2) is 29.3 Å². The Morgan fingerprint density at radius 3 is 2.15 bits per heavy atom. The number of nitrogens with two attached hydrogens (primary N) is 2. The van der Waals surface area contributed by atoms with E-state index < -0.39 is 5.97 Å². The average Bonchev–Trinajstić information content (AvgIpc) is 1.86. The molecule has 0 saturated carbocycles. The molecule has 0 rings (SSSR count). The van der Waals surface area contributed by atoms with Crippen molar-refractivity contribution in [3.05, 3.63) is 0 Å². The fraction of sp³-hybridized carbons (Fsp3) is 0.400. The van der Waals surface area contributed by atoms with E-state index >= 15 is 0 Å². The van der Waals surface area contributed by atoms with E-state index in [1.54, 1.807) is 0 Å². The van der Waals surface area contributed by atoms with E-state index in [0.29, 0.717) is 0 Å². The second-order valence-electron chi connectivity index (χ2n) is 1.82. The fourth-order valence-electron chi connectivity index (χ4n) is 0.357. The molecule has 0 aromatic carbocycles. The van der Waals surface area contributed by atoms with Gasteiger partial charge in [0.15, 0.2) is 11.7 Å². The van der Waals surface area contributed by atoms with Crippen LogP contribution in [0, 0.1) is 5.41 Å². The van der Waals surface area contributed by atoms with Crippen LogP contribution < -0.4 is 11.5 Å². The number of rotatable bonds is 3. The van der Waals surface area contributed by atoms with Gasteiger partial charge in [0.25, 0.3) is 0 Å². The number of carbonyl (C=O) groups is 1. The summed E-state index contributed by atoms with van der Waals surface area (Å²) in [4.78, 5) is 13.5. The van der Waals surface area contributed by atoms with Crippen molar-refractivity contribution in [2.24, 2.45) is 16.5 Å². The highest BCUT2D eigenvalue weighted by molar-refractivity contribution is 6.37. The number of carboxylic acids is 1. The number of aliphatic imine (C=N–C) groups is 1. The number of nitrogens with one attached hydrogen (secondary N) is 1. The summed E-state index contributed by atoms with van der Waals surface area (Å²) < 4.78 is 0. The van der Waals surface area contributed by atoms with Crippen molar-refractivity contribution in [1.29, 1.82) is 5.41 Å². The molecular weight excluding hydrogens is 219 g/mol. The molecule has 0 aliphatic heterocycles. The molecule has 6 N–H and O–H groups in total. The highest BCUT2D eigenvalue weighted by Gasteiger charge is 1.97. The number of aliphatic carboxylic acids is 1. The van der Waals surface area contributed by atoms with Gasteiger partial charge in [0, 0.05) is 0 Å². The lowest BCUT2D eigenvalue weighted by Gasteiger charge is -1.94. The lowest BCUT2D eigenvalue weighted by Crippen LogP contribution is -2.30. The zero-order valence-corrected chi connectivity index (χ0v) is 8.32. The Morgan fingerprint density at radius 2 is 1.85 bits per heavy atom. The molecule has 0 aliphatic carbocycles. The van der Waals surface area contributed by atoms with Crippen LogP contribution >= 0.6 is 24.8 Å². The molecular formula is C5H12Cl2N4O2. The summed E-state index contributed by atoms with van der Waals surface area (Å²) in [5, 5.41) is 14.9. The first-order valence-corrected chi connectivity index (χ1v) is 2.90. The van der Waals surface area contributed by atoms with Crippen LogP contribution in [0.4, 0.5) is 0 Å². The van der Waals surface area contributed by atoms with Gasteiger partial charge < -0.3 is 16.6 Å². The van der Waals surface area contributed by atoms with Crippen molar-refractivity contribution < 1.29 is 9.90 Å². The summed E-state index contributed by atoms with van der Waals surface area (Å²) in [7, 11) is 0. The van der Waals surface area contributed by atoms with Crippen LogP contribution in [-0.2, 0) is 4.79 Å². The quantitative estimate of drug-likeness (QED) is 0.389. The molecule has 0 fully saturated rings. The van der Waals surface area contributed by atoms with Gasteiger partial charge in [-0.1, -0.05) is 0 Å². The van der Waals surface area contributed by atoms with E-state index in [9.17, 15) is 4.79 Å². The van der Waals surface area contributed by atoms with Gasteiger partial charge in [-0.05, 0) is 0 Å². The maximum Gasteiger partial charge on any atom is 0.305 e. The van der Waals surface area contributed by atoms with E-state index in [1.165, 1.54) is 0 Å². The topological polar surface area (TPSA) is 126 Å². The van der Waals surface area contributed by atoms with Gasteiger partial charge in [-0.25, -0.2) is 0 Å². The van der Waals surface area contributed by atoms with Gasteiger partial charge in [0.2, 0.25) is 0 Å². The molecule has 0 radical (unpaired) electrons. The number of nitrogens with zero attached hydrogens (tertiary/aromatic N) is 1. The molecule has 0 spiro atoms. The lowest BCUT2D eigenvalue weighted by molar-refractivity contribution is -0.136. The Balaban J connectivity index is -0.000000500. The Labute approximate surface area is 87.7 Å². The molecule has 0 aliphatic rings. The molecule has 0 bridgehead atoms. The van der Waals surface area contributed by atoms with E-state index in [1.807, 2.05) is 0 Å². The molecule has 6 nitrogen and oxygen atoms in total. The SMILES string of the molecule is Cl.Cl.N=C(N)C(N)=NCCC(=O)O. The Morgan fingerprint density at radius 1 is 1.38 bits per heavy atom. The monoisotopic (exact) mass is 230 g/mol. The summed E-state index contributed by atoms with van der Waals surface area (Å²) in [5.41, 5.74) is 10.0. The number of carboxylic acid groups (broad SMARTS) is 1. The van der Waals surface area contributed by atoms with Gasteiger partial charge in [-0.15, -0.1) is 24.8 Å². The molecule has 0 unspecified atom stereocenters. The van der Waals surface area contributed by atoms with Crippen molar-refractivity contribution in [2.45, 2.75) is 6.42 Å². The van der Waals surface area contributed by atoms with Gasteiger partial charge >= 0.3 is 5.97 Å².